The summed E-state index contributed by atoms with van der Waals surface area (Å²) in [6.45, 7) is 1.71. The lowest BCUT2D eigenvalue weighted by molar-refractivity contribution is 0.0692. The monoisotopic (exact) mass is 323 g/mol. The number of hydrogen-bond acceptors (Lipinski definition) is 3. The molecule has 0 aromatic carbocycles. The Morgan fingerprint density at radius 2 is 2.16 bits per heavy atom. The van der Waals surface area contributed by atoms with Gasteiger partial charge in [0, 0.05) is 5.69 Å². The molecule has 3 N–H and O–H groups in total. The zero-order valence-corrected chi connectivity index (χ0v) is 11.5. The maximum atomic E-state index is 11.9. The van der Waals surface area contributed by atoms with Gasteiger partial charge in [-0.05, 0) is 41.1 Å². The molecular formula is C12H10BrN3O3. The fourth-order valence-electron chi connectivity index (χ4n) is 1.58. The number of nitrogens with zero attached hydrogens (tertiary/aromatic N) is 1. The number of anilines is 1. The zero-order chi connectivity index (χ0) is 14.0. The number of carboxylic acid groups (broad SMARTS) is 1. The first-order chi connectivity index (χ1) is 8.97. The van der Waals surface area contributed by atoms with Crippen LogP contribution in [0.15, 0.2) is 28.9 Å². The average molecular weight is 324 g/mol. The summed E-state index contributed by atoms with van der Waals surface area (Å²) in [4.78, 5) is 29.6. The summed E-state index contributed by atoms with van der Waals surface area (Å²) in [6.07, 6.45) is 0. The van der Waals surface area contributed by atoms with Crippen LogP contribution in [0.4, 0.5) is 5.69 Å². The summed E-state index contributed by atoms with van der Waals surface area (Å²) >= 11 is 3.17. The van der Waals surface area contributed by atoms with E-state index >= 15 is 0 Å². The maximum absolute atomic E-state index is 11.9. The van der Waals surface area contributed by atoms with Crippen LogP contribution in [-0.2, 0) is 0 Å². The van der Waals surface area contributed by atoms with E-state index in [0.29, 0.717) is 10.3 Å². The second-order valence-corrected chi connectivity index (χ2v) is 4.66. The average Bonchev–Trinajstić information content (AvgIpc) is 2.70. The van der Waals surface area contributed by atoms with Gasteiger partial charge in [0.25, 0.3) is 5.91 Å². The molecule has 2 aromatic rings. The number of pyridine rings is 1. The molecular weight excluding hydrogens is 314 g/mol. The van der Waals surface area contributed by atoms with Crippen LogP contribution < -0.4 is 5.32 Å². The van der Waals surface area contributed by atoms with Crippen LogP contribution in [-0.4, -0.2) is 27.0 Å². The Kier molecular flexibility index (Phi) is 3.66. The number of nitrogens with one attached hydrogen (secondary N) is 2. The minimum Gasteiger partial charge on any atom is -0.477 e. The maximum Gasteiger partial charge on any atom is 0.354 e. The third-order valence-electron chi connectivity index (χ3n) is 2.36. The minimum absolute atomic E-state index is 0.0548. The number of aryl methyl sites for hydroxylation is 1. The number of aromatic carboxylic acids is 1. The highest BCUT2D eigenvalue weighted by molar-refractivity contribution is 9.10. The van der Waals surface area contributed by atoms with Crippen molar-refractivity contribution in [3.05, 3.63) is 46.0 Å². The Hall–Kier alpha value is -2.15. The number of carbonyl (C=O) groups excluding carboxylic acids is 1. The van der Waals surface area contributed by atoms with Gasteiger partial charge in [0.15, 0.2) is 0 Å². The predicted octanol–water partition coefficient (Wildman–Crippen LogP) is 2.43. The molecule has 98 valence electrons. The van der Waals surface area contributed by atoms with Crippen LogP contribution in [0.1, 0.15) is 26.7 Å². The Morgan fingerprint density at radius 1 is 1.42 bits per heavy atom. The molecule has 2 heterocycles. The molecule has 2 aromatic heterocycles. The van der Waals surface area contributed by atoms with Crippen LogP contribution in [0.2, 0.25) is 0 Å². The molecule has 2 rings (SSSR count). The van der Waals surface area contributed by atoms with E-state index in [1.165, 1.54) is 0 Å². The summed E-state index contributed by atoms with van der Waals surface area (Å²) in [6, 6.07) is 6.46. The van der Waals surface area contributed by atoms with Crippen molar-refractivity contribution in [2.45, 2.75) is 6.92 Å². The van der Waals surface area contributed by atoms with Crippen molar-refractivity contribution in [1.29, 1.82) is 0 Å². The first-order valence-corrected chi connectivity index (χ1v) is 6.13. The lowest BCUT2D eigenvalue weighted by Crippen LogP contribution is -2.15. The molecule has 0 saturated carbocycles. The molecule has 0 radical (unpaired) electrons. The van der Waals surface area contributed by atoms with Crippen LogP contribution >= 0.6 is 15.9 Å². The Morgan fingerprint density at radius 3 is 2.79 bits per heavy atom. The van der Waals surface area contributed by atoms with E-state index in [4.69, 9.17) is 5.11 Å². The molecule has 0 bridgehead atoms. The number of carbonyl (C=O) groups is 2. The lowest BCUT2D eigenvalue weighted by atomic mass is 10.3. The number of rotatable bonds is 3. The SMILES string of the molecule is Cc1cc(NC(=O)c2cccc(Br)n2)c(C(=O)O)[nH]1. The number of aromatic nitrogens is 2. The van der Waals surface area contributed by atoms with Crippen molar-refractivity contribution < 1.29 is 14.7 Å². The Labute approximate surface area is 117 Å². The van der Waals surface area contributed by atoms with Crippen molar-refractivity contribution in [2.75, 3.05) is 5.32 Å². The van der Waals surface area contributed by atoms with Crippen LogP contribution in [0, 0.1) is 6.92 Å². The molecule has 0 spiro atoms. The molecule has 0 atom stereocenters. The van der Waals surface area contributed by atoms with Crippen molar-refractivity contribution in [1.82, 2.24) is 9.97 Å². The summed E-state index contributed by atoms with van der Waals surface area (Å²) < 4.78 is 0.531. The standard InChI is InChI=1S/C12H10BrN3O3/c1-6-5-8(10(14-6)12(18)19)16-11(17)7-3-2-4-9(13)15-7/h2-5,14H,1H3,(H,16,17)(H,18,19). The van der Waals surface area contributed by atoms with E-state index in [9.17, 15) is 9.59 Å². The van der Waals surface area contributed by atoms with Crippen molar-refractivity contribution in [2.24, 2.45) is 0 Å². The molecule has 7 heteroatoms. The van der Waals surface area contributed by atoms with Gasteiger partial charge in [0.1, 0.15) is 16.0 Å². The minimum atomic E-state index is -1.13. The molecule has 0 fully saturated rings. The fourth-order valence-corrected chi connectivity index (χ4v) is 1.92. The molecule has 0 unspecified atom stereocenters. The first kappa shape index (κ1) is 13.3. The molecule has 19 heavy (non-hydrogen) atoms. The van der Waals surface area contributed by atoms with Crippen molar-refractivity contribution >= 4 is 33.5 Å². The fraction of sp³-hybridized carbons (Fsp3) is 0.0833. The second-order valence-electron chi connectivity index (χ2n) is 3.85. The van der Waals surface area contributed by atoms with Gasteiger partial charge in [-0.3, -0.25) is 4.79 Å². The second kappa shape index (κ2) is 5.23. The normalized spacial score (nSPS) is 10.2. The Balaban J connectivity index is 2.26. The van der Waals surface area contributed by atoms with Gasteiger partial charge < -0.3 is 15.4 Å². The number of aromatic amines is 1. The van der Waals surface area contributed by atoms with Gasteiger partial charge in [-0.25, -0.2) is 9.78 Å². The third kappa shape index (κ3) is 3.00. The van der Waals surface area contributed by atoms with Gasteiger partial charge in [-0.15, -0.1) is 0 Å². The number of carboxylic acids is 1. The van der Waals surface area contributed by atoms with E-state index in [1.54, 1.807) is 31.2 Å². The largest absolute Gasteiger partial charge is 0.477 e. The van der Waals surface area contributed by atoms with E-state index in [2.05, 4.69) is 31.2 Å². The number of H-pyrrole nitrogens is 1. The van der Waals surface area contributed by atoms with Gasteiger partial charge >= 0.3 is 5.97 Å². The topological polar surface area (TPSA) is 95.1 Å². The highest BCUT2D eigenvalue weighted by Gasteiger charge is 2.16. The molecule has 0 aliphatic heterocycles. The van der Waals surface area contributed by atoms with Crippen LogP contribution in [0.25, 0.3) is 0 Å². The Bertz CT molecular complexity index is 651. The summed E-state index contributed by atoms with van der Waals surface area (Å²) in [5.74, 6) is -1.60. The summed E-state index contributed by atoms with van der Waals surface area (Å²) in [7, 11) is 0. The summed E-state index contributed by atoms with van der Waals surface area (Å²) in [5, 5.41) is 11.5. The smallest absolute Gasteiger partial charge is 0.354 e. The van der Waals surface area contributed by atoms with Crippen molar-refractivity contribution in [3.63, 3.8) is 0 Å². The van der Waals surface area contributed by atoms with Gasteiger partial charge in [-0.1, -0.05) is 6.07 Å². The predicted molar refractivity (Wildman–Crippen MR) is 72.4 cm³/mol. The number of hydrogen-bond donors (Lipinski definition) is 3. The summed E-state index contributed by atoms with van der Waals surface area (Å²) in [5.41, 5.74) is 1.01. The van der Waals surface area contributed by atoms with Crippen LogP contribution in [0.3, 0.4) is 0 Å². The lowest BCUT2D eigenvalue weighted by Gasteiger charge is -2.04. The van der Waals surface area contributed by atoms with E-state index in [0.717, 1.165) is 0 Å². The molecule has 0 saturated heterocycles. The number of halogens is 1. The highest BCUT2D eigenvalue weighted by Crippen LogP contribution is 2.18. The van der Waals surface area contributed by atoms with Crippen LogP contribution in [0.5, 0.6) is 0 Å². The molecule has 6 nitrogen and oxygen atoms in total. The first-order valence-electron chi connectivity index (χ1n) is 5.34. The molecule has 0 aliphatic carbocycles. The van der Waals surface area contributed by atoms with E-state index < -0.39 is 11.9 Å². The third-order valence-corrected chi connectivity index (χ3v) is 2.80. The van der Waals surface area contributed by atoms with Gasteiger partial charge in [-0.2, -0.15) is 0 Å². The molecule has 1 amide bonds. The van der Waals surface area contributed by atoms with E-state index in [1.807, 2.05) is 0 Å². The van der Waals surface area contributed by atoms with Gasteiger partial charge in [0.05, 0.1) is 5.69 Å². The number of amides is 1. The quantitative estimate of drug-likeness (QED) is 0.756. The van der Waals surface area contributed by atoms with E-state index in [-0.39, 0.29) is 17.1 Å². The molecule has 0 aliphatic rings. The highest BCUT2D eigenvalue weighted by atomic mass is 79.9. The zero-order valence-electron chi connectivity index (χ0n) is 9.90. The van der Waals surface area contributed by atoms with Crippen molar-refractivity contribution in [3.8, 4) is 0 Å². The van der Waals surface area contributed by atoms with Gasteiger partial charge in [0.2, 0.25) is 0 Å².